The van der Waals surface area contributed by atoms with Gasteiger partial charge in [-0.05, 0) is 28.0 Å². The van der Waals surface area contributed by atoms with E-state index in [4.69, 9.17) is 0 Å². The number of rotatable bonds is 6. The number of amides is 1. The largest absolute Gasteiger partial charge is 0.380 e. The van der Waals surface area contributed by atoms with Crippen molar-refractivity contribution >= 4 is 17.2 Å². The van der Waals surface area contributed by atoms with Gasteiger partial charge >= 0.3 is 0 Å². The number of hydrogen-bond acceptors (Lipinski definition) is 6. The number of benzene rings is 3. The molecule has 2 N–H and O–H groups in total. The van der Waals surface area contributed by atoms with Crippen LogP contribution in [0.15, 0.2) is 102 Å². The summed E-state index contributed by atoms with van der Waals surface area (Å²) in [5.41, 5.74) is 5.08. The number of nitrogens with one attached hydrogen (secondary N) is 1. The molecule has 0 saturated carbocycles. The summed E-state index contributed by atoms with van der Waals surface area (Å²) in [5.74, 6) is 0.0493. The summed E-state index contributed by atoms with van der Waals surface area (Å²) in [6, 6.07) is 28.5. The monoisotopic (exact) mass is 450 g/mol. The molecule has 1 amide bonds. The highest BCUT2D eigenvalue weighted by molar-refractivity contribution is 6.08. The highest BCUT2D eigenvalue weighted by Crippen LogP contribution is 2.43. The van der Waals surface area contributed by atoms with Crippen molar-refractivity contribution in [2.75, 3.05) is 0 Å². The summed E-state index contributed by atoms with van der Waals surface area (Å²) in [4.78, 5) is 13.7. The Labute approximate surface area is 196 Å². The van der Waals surface area contributed by atoms with E-state index in [-0.39, 0.29) is 13.0 Å². The van der Waals surface area contributed by atoms with Crippen LogP contribution in [-0.4, -0.2) is 36.9 Å². The van der Waals surface area contributed by atoms with Crippen LogP contribution in [0.2, 0.25) is 0 Å². The quantitative estimate of drug-likeness (QED) is 0.439. The Balaban J connectivity index is 1.33. The van der Waals surface area contributed by atoms with Gasteiger partial charge in [-0.1, -0.05) is 91.0 Å². The Morgan fingerprint density at radius 2 is 1.56 bits per heavy atom. The third kappa shape index (κ3) is 4.39. The normalized spacial score (nSPS) is 18.6. The lowest BCUT2D eigenvalue weighted by Gasteiger charge is -2.27. The number of aromatic nitrogens is 4. The molecule has 1 aliphatic rings. The van der Waals surface area contributed by atoms with Gasteiger partial charge in [0.1, 0.15) is 12.1 Å². The van der Waals surface area contributed by atoms with Crippen LogP contribution in [0.5, 0.6) is 0 Å². The van der Waals surface area contributed by atoms with E-state index in [9.17, 15) is 9.90 Å². The summed E-state index contributed by atoms with van der Waals surface area (Å²) in [5, 5.41) is 28.1. The standard InChI is InChI=1S/C26H22N6O2/c33-24(18-32-30-25(29-31-32)20-12-6-2-7-13-20)28-27-22-16-23(19-10-4-1-5-11-19)26(34,17-22)21-14-8-3-9-15-21/h1-16,34H,17-18H2,(H,28,33). The molecular weight excluding hydrogens is 428 g/mol. The van der Waals surface area contributed by atoms with Gasteiger partial charge in [-0.3, -0.25) is 4.79 Å². The van der Waals surface area contributed by atoms with Gasteiger partial charge < -0.3 is 5.11 Å². The van der Waals surface area contributed by atoms with E-state index in [0.29, 0.717) is 11.5 Å². The zero-order chi connectivity index (χ0) is 23.4. The number of hydrogen-bond donors (Lipinski definition) is 2. The molecule has 1 heterocycles. The molecule has 8 heteroatoms. The minimum atomic E-state index is -1.25. The fourth-order valence-electron chi connectivity index (χ4n) is 3.99. The Hall–Kier alpha value is -4.43. The molecule has 0 spiro atoms. The topological polar surface area (TPSA) is 105 Å². The van der Waals surface area contributed by atoms with Gasteiger partial charge in [-0.25, -0.2) is 5.43 Å². The molecule has 8 nitrogen and oxygen atoms in total. The van der Waals surface area contributed by atoms with Gasteiger partial charge in [0, 0.05) is 12.0 Å². The van der Waals surface area contributed by atoms with Crippen LogP contribution in [0.25, 0.3) is 17.0 Å². The number of allylic oxidation sites excluding steroid dienone is 1. The number of aliphatic hydroxyl groups is 1. The second-order valence-electron chi connectivity index (χ2n) is 7.97. The summed E-state index contributed by atoms with van der Waals surface area (Å²) < 4.78 is 0. The molecule has 0 fully saturated rings. The summed E-state index contributed by atoms with van der Waals surface area (Å²) in [6.07, 6.45) is 2.06. The maximum absolute atomic E-state index is 12.5. The summed E-state index contributed by atoms with van der Waals surface area (Å²) in [6.45, 7) is -0.130. The molecule has 0 radical (unpaired) electrons. The number of tetrazole rings is 1. The molecule has 5 rings (SSSR count). The van der Waals surface area contributed by atoms with Crippen LogP contribution in [-0.2, 0) is 16.9 Å². The van der Waals surface area contributed by atoms with Gasteiger partial charge in [0.05, 0.1) is 5.71 Å². The minimum Gasteiger partial charge on any atom is -0.380 e. The SMILES string of the molecule is O=C(Cn1nnc(-c2ccccc2)n1)NN=C1C=C(c2ccccc2)C(O)(c2ccccc2)C1. The van der Waals surface area contributed by atoms with Crippen LogP contribution in [0.4, 0.5) is 0 Å². The highest BCUT2D eigenvalue weighted by atomic mass is 16.3. The highest BCUT2D eigenvalue weighted by Gasteiger charge is 2.40. The van der Waals surface area contributed by atoms with Crippen molar-refractivity contribution in [2.24, 2.45) is 5.10 Å². The third-order valence-electron chi connectivity index (χ3n) is 5.62. The van der Waals surface area contributed by atoms with Crippen LogP contribution in [0.3, 0.4) is 0 Å². The van der Waals surface area contributed by atoms with E-state index in [1.807, 2.05) is 97.1 Å². The second kappa shape index (κ2) is 9.21. The lowest BCUT2D eigenvalue weighted by Crippen LogP contribution is -2.27. The maximum atomic E-state index is 12.5. The Morgan fingerprint density at radius 1 is 0.941 bits per heavy atom. The van der Waals surface area contributed by atoms with Crippen LogP contribution in [0, 0.1) is 0 Å². The Morgan fingerprint density at radius 3 is 2.24 bits per heavy atom. The van der Waals surface area contributed by atoms with Gasteiger partial charge in [-0.2, -0.15) is 9.90 Å². The van der Waals surface area contributed by atoms with E-state index in [1.54, 1.807) is 0 Å². The zero-order valence-corrected chi connectivity index (χ0v) is 18.2. The molecule has 1 aliphatic carbocycles. The molecule has 0 aliphatic heterocycles. The van der Waals surface area contributed by atoms with Gasteiger partial charge in [0.15, 0.2) is 0 Å². The molecule has 34 heavy (non-hydrogen) atoms. The smallest absolute Gasteiger partial charge is 0.263 e. The molecule has 3 aromatic carbocycles. The van der Waals surface area contributed by atoms with Gasteiger partial charge in [0.2, 0.25) is 5.82 Å². The van der Waals surface area contributed by atoms with Crippen LogP contribution < -0.4 is 5.43 Å². The van der Waals surface area contributed by atoms with E-state index in [0.717, 1.165) is 22.3 Å². The lowest BCUT2D eigenvalue weighted by atomic mass is 9.84. The number of nitrogens with zero attached hydrogens (tertiary/aromatic N) is 5. The average Bonchev–Trinajstić information content (AvgIpc) is 3.49. The molecule has 1 unspecified atom stereocenters. The van der Waals surface area contributed by atoms with E-state index >= 15 is 0 Å². The number of carbonyl (C=O) groups excluding carboxylic acids is 1. The fraction of sp³-hybridized carbons (Fsp3) is 0.115. The van der Waals surface area contributed by atoms with Crippen molar-refractivity contribution in [1.29, 1.82) is 0 Å². The first-order valence-corrected chi connectivity index (χ1v) is 10.9. The second-order valence-corrected chi connectivity index (χ2v) is 7.97. The minimum absolute atomic E-state index is 0.130. The van der Waals surface area contributed by atoms with Crippen molar-refractivity contribution in [1.82, 2.24) is 25.6 Å². The van der Waals surface area contributed by atoms with Crippen molar-refractivity contribution in [3.63, 3.8) is 0 Å². The lowest BCUT2D eigenvalue weighted by molar-refractivity contribution is -0.122. The first kappa shape index (κ1) is 21.4. The number of hydrazone groups is 1. The van der Waals surface area contributed by atoms with Gasteiger partial charge in [-0.15, -0.1) is 10.2 Å². The Bertz CT molecular complexity index is 1350. The zero-order valence-electron chi connectivity index (χ0n) is 18.2. The van der Waals surface area contributed by atoms with Crippen LogP contribution >= 0.6 is 0 Å². The average molecular weight is 451 g/mol. The van der Waals surface area contributed by atoms with Crippen molar-refractivity contribution in [3.8, 4) is 11.4 Å². The Kier molecular flexibility index (Phi) is 5.80. The molecule has 0 bridgehead atoms. The number of carbonyl (C=O) groups is 1. The predicted molar refractivity (Wildman–Crippen MR) is 128 cm³/mol. The summed E-state index contributed by atoms with van der Waals surface area (Å²) >= 11 is 0. The molecule has 0 saturated heterocycles. The maximum Gasteiger partial charge on any atom is 0.263 e. The molecular formula is C26H22N6O2. The van der Waals surface area contributed by atoms with Crippen molar-refractivity contribution in [2.45, 2.75) is 18.6 Å². The third-order valence-corrected chi connectivity index (χ3v) is 5.62. The van der Waals surface area contributed by atoms with Crippen molar-refractivity contribution < 1.29 is 9.90 Å². The fourth-order valence-corrected chi connectivity index (χ4v) is 3.99. The van der Waals surface area contributed by atoms with E-state index in [1.165, 1.54) is 4.80 Å². The van der Waals surface area contributed by atoms with Crippen LogP contribution in [0.1, 0.15) is 17.5 Å². The molecule has 1 atom stereocenters. The van der Waals surface area contributed by atoms with E-state index < -0.39 is 11.5 Å². The molecule has 1 aromatic heterocycles. The van der Waals surface area contributed by atoms with E-state index in [2.05, 4.69) is 25.9 Å². The van der Waals surface area contributed by atoms with Gasteiger partial charge in [0.25, 0.3) is 5.91 Å². The summed E-state index contributed by atoms with van der Waals surface area (Å²) in [7, 11) is 0. The molecule has 4 aromatic rings. The first-order valence-electron chi connectivity index (χ1n) is 10.9. The molecule has 168 valence electrons. The first-order chi connectivity index (χ1) is 16.6. The predicted octanol–water partition coefficient (Wildman–Crippen LogP) is 3.19. The van der Waals surface area contributed by atoms with Crippen molar-refractivity contribution in [3.05, 3.63) is 108 Å².